The number of carbonyl (C=O) groups excluding carboxylic acids is 1. The van der Waals surface area contributed by atoms with Crippen LogP contribution in [-0.2, 0) is 21.4 Å². The van der Waals surface area contributed by atoms with Crippen LogP contribution in [0.2, 0.25) is 0 Å². The van der Waals surface area contributed by atoms with Gasteiger partial charge in [0, 0.05) is 18.9 Å². The molecular formula is C25H24N4O3S. The fourth-order valence-corrected chi connectivity index (χ4v) is 4.95. The van der Waals surface area contributed by atoms with Crippen molar-refractivity contribution in [3.63, 3.8) is 0 Å². The topological polar surface area (TPSA) is 84.3 Å². The summed E-state index contributed by atoms with van der Waals surface area (Å²) in [5.41, 5.74) is 3.11. The predicted molar refractivity (Wildman–Crippen MR) is 128 cm³/mol. The van der Waals surface area contributed by atoms with Crippen LogP contribution in [0.3, 0.4) is 0 Å². The average molecular weight is 461 g/mol. The van der Waals surface area contributed by atoms with Crippen LogP contribution in [0, 0.1) is 6.92 Å². The second-order valence-electron chi connectivity index (χ2n) is 7.54. The van der Waals surface area contributed by atoms with Crippen LogP contribution in [-0.4, -0.2) is 30.4 Å². The van der Waals surface area contributed by atoms with Crippen LogP contribution >= 0.6 is 0 Å². The van der Waals surface area contributed by atoms with Gasteiger partial charge in [-0.05, 0) is 48.4 Å². The highest BCUT2D eigenvalue weighted by atomic mass is 32.2. The number of carbonyl (C=O) groups is 1. The van der Waals surface area contributed by atoms with Crippen molar-refractivity contribution in [2.24, 2.45) is 0 Å². The number of benzene rings is 3. The smallest absolute Gasteiger partial charge is 0.264 e. The van der Waals surface area contributed by atoms with E-state index in [0.29, 0.717) is 5.69 Å². The number of nitrogens with one attached hydrogen (secondary N) is 1. The fraction of sp³-hybridized carbons (Fsp3) is 0.120. The first-order chi connectivity index (χ1) is 15.9. The molecule has 1 heterocycles. The van der Waals surface area contributed by atoms with Crippen molar-refractivity contribution < 1.29 is 13.2 Å². The van der Waals surface area contributed by atoms with Crippen molar-refractivity contribution in [2.75, 3.05) is 10.8 Å². The SMILES string of the molecule is Cc1cccc(N(CC(=O)NCc2ccccc2-n2ccnc2)S(=O)(=O)c2ccccc2)c1. The number of nitrogens with zero attached hydrogens (tertiary/aromatic N) is 3. The van der Waals surface area contributed by atoms with Gasteiger partial charge >= 0.3 is 0 Å². The minimum absolute atomic E-state index is 0.129. The predicted octanol–water partition coefficient (Wildman–Crippen LogP) is 3.69. The molecule has 0 atom stereocenters. The molecule has 0 unspecified atom stereocenters. The van der Waals surface area contributed by atoms with E-state index in [2.05, 4.69) is 10.3 Å². The lowest BCUT2D eigenvalue weighted by molar-refractivity contribution is -0.119. The molecule has 1 amide bonds. The quantitative estimate of drug-likeness (QED) is 0.435. The number of aryl methyl sites for hydroxylation is 1. The minimum Gasteiger partial charge on any atom is -0.350 e. The van der Waals surface area contributed by atoms with Crippen LogP contribution in [0.5, 0.6) is 0 Å². The zero-order valence-corrected chi connectivity index (χ0v) is 18.9. The second-order valence-corrected chi connectivity index (χ2v) is 9.40. The van der Waals surface area contributed by atoms with Gasteiger partial charge in [-0.15, -0.1) is 0 Å². The van der Waals surface area contributed by atoms with Gasteiger partial charge in [0.2, 0.25) is 5.91 Å². The fourth-order valence-electron chi connectivity index (χ4n) is 3.51. The highest BCUT2D eigenvalue weighted by molar-refractivity contribution is 7.92. The van der Waals surface area contributed by atoms with E-state index in [1.54, 1.807) is 48.9 Å². The minimum atomic E-state index is -3.93. The first-order valence-electron chi connectivity index (χ1n) is 10.4. The number of hydrogen-bond donors (Lipinski definition) is 1. The summed E-state index contributed by atoms with van der Waals surface area (Å²) in [6, 6.07) is 22.9. The van der Waals surface area contributed by atoms with E-state index >= 15 is 0 Å². The van der Waals surface area contributed by atoms with Crippen LogP contribution in [0.25, 0.3) is 5.69 Å². The molecule has 1 N–H and O–H groups in total. The third-order valence-corrected chi connectivity index (χ3v) is 6.95. The molecule has 33 heavy (non-hydrogen) atoms. The maximum Gasteiger partial charge on any atom is 0.264 e. The Labute approximate surface area is 193 Å². The van der Waals surface area contributed by atoms with Gasteiger partial charge in [-0.1, -0.05) is 48.5 Å². The maximum atomic E-state index is 13.4. The summed E-state index contributed by atoms with van der Waals surface area (Å²) in [6.07, 6.45) is 5.20. The van der Waals surface area contributed by atoms with Gasteiger partial charge in [0.1, 0.15) is 6.54 Å². The average Bonchev–Trinajstić information content (AvgIpc) is 3.37. The molecule has 7 nitrogen and oxygen atoms in total. The summed E-state index contributed by atoms with van der Waals surface area (Å²) in [6.45, 7) is 1.79. The number of anilines is 1. The van der Waals surface area contributed by atoms with Gasteiger partial charge in [-0.2, -0.15) is 0 Å². The Morgan fingerprint density at radius 2 is 1.76 bits per heavy atom. The standard InChI is InChI=1S/C25H24N4O3S/c1-20-8-7-10-22(16-20)29(33(31,32)23-11-3-2-4-12-23)18-25(30)27-17-21-9-5-6-13-24(21)28-15-14-26-19-28/h2-16,19H,17-18H2,1H3,(H,27,30). The third-order valence-electron chi connectivity index (χ3n) is 5.16. The van der Waals surface area contributed by atoms with Crippen LogP contribution in [0.15, 0.2) is 102 Å². The largest absolute Gasteiger partial charge is 0.350 e. The summed E-state index contributed by atoms with van der Waals surface area (Å²) >= 11 is 0. The molecule has 4 aromatic rings. The van der Waals surface area contributed by atoms with Gasteiger partial charge in [-0.3, -0.25) is 9.10 Å². The van der Waals surface area contributed by atoms with E-state index in [1.165, 1.54) is 12.1 Å². The van der Waals surface area contributed by atoms with E-state index in [1.807, 2.05) is 48.0 Å². The van der Waals surface area contributed by atoms with Gasteiger partial charge in [0.15, 0.2) is 0 Å². The molecule has 0 saturated carbocycles. The molecule has 4 rings (SSSR count). The highest BCUT2D eigenvalue weighted by Crippen LogP contribution is 2.24. The van der Waals surface area contributed by atoms with Crippen molar-refractivity contribution >= 4 is 21.6 Å². The molecule has 1 aromatic heterocycles. The van der Waals surface area contributed by atoms with Gasteiger partial charge in [-0.25, -0.2) is 13.4 Å². The lowest BCUT2D eigenvalue weighted by Crippen LogP contribution is -2.40. The van der Waals surface area contributed by atoms with Gasteiger partial charge in [0.05, 0.1) is 22.6 Å². The van der Waals surface area contributed by atoms with Crippen LogP contribution in [0.1, 0.15) is 11.1 Å². The van der Waals surface area contributed by atoms with Crippen LogP contribution in [0.4, 0.5) is 5.69 Å². The molecule has 0 fully saturated rings. The number of aromatic nitrogens is 2. The zero-order valence-electron chi connectivity index (χ0n) is 18.1. The van der Waals surface area contributed by atoms with Crippen molar-refractivity contribution in [3.05, 3.63) is 109 Å². The molecule has 0 aliphatic carbocycles. The Hall–Kier alpha value is -3.91. The Morgan fingerprint density at radius 1 is 1.00 bits per heavy atom. The van der Waals surface area contributed by atoms with E-state index in [0.717, 1.165) is 21.1 Å². The molecule has 0 aliphatic heterocycles. The number of amides is 1. The number of sulfonamides is 1. The molecule has 8 heteroatoms. The Balaban J connectivity index is 1.57. The lowest BCUT2D eigenvalue weighted by atomic mass is 10.1. The summed E-state index contributed by atoms with van der Waals surface area (Å²) < 4.78 is 29.8. The van der Waals surface area contributed by atoms with Crippen LogP contribution < -0.4 is 9.62 Å². The summed E-state index contributed by atoms with van der Waals surface area (Å²) in [5, 5.41) is 2.86. The van der Waals surface area contributed by atoms with Gasteiger partial charge < -0.3 is 9.88 Å². The lowest BCUT2D eigenvalue weighted by Gasteiger charge is -2.24. The first-order valence-corrected chi connectivity index (χ1v) is 11.9. The molecule has 168 valence electrons. The Bertz CT molecular complexity index is 1340. The zero-order chi connectivity index (χ0) is 23.3. The maximum absolute atomic E-state index is 13.4. The Morgan fingerprint density at radius 3 is 2.48 bits per heavy atom. The van der Waals surface area contributed by atoms with E-state index < -0.39 is 15.9 Å². The number of imidazole rings is 1. The third kappa shape index (κ3) is 5.12. The summed E-state index contributed by atoms with van der Waals surface area (Å²) in [5.74, 6) is -0.406. The van der Waals surface area contributed by atoms with Crippen molar-refractivity contribution in [1.29, 1.82) is 0 Å². The van der Waals surface area contributed by atoms with E-state index in [4.69, 9.17) is 0 Å². The number of para-hydroxylation sites is 1. The molecule has 0 bridgehead atoms. The van der Waals surface area contributed by atoms with Gasteiger partial charge in [0.25, 0.3) is 10.0 Å². The normalized spacial score (nSPS) is 11.2. The summed E-state index contributed by atoms with van der Waals surface area (Å²) in [4.78, 5) is 17.1. The van der Waals surface area contributed by atoms with Crippen molar-refractivity contribution in [3.8, 4) is 5.69 Å². The summed E-state index contributed by atoms with van der Waals surface area (Å²) in [7, 11) is -3.93. The number of hydrogen-bond acceptors (Lipinski definition) is 4. The van der Waals surface area contributed by atoms with E-state index in [-0.39, 0.29) is 18.0 Å². The molecule has 0 aliphatic rings. The van der Waals surface area contributed by atoms with Crippen molar-refractivity contribution in [2.45, 2.75) is 18.4 Å². The molecule has 3 aromatic carbocycles. The van der Waals surface area contributed by atoms with Crippen molar-refractivity contribution in [1.82, 2.24) is 14.9 Å². The Kier molecular flexibility index (Phi) is 6.55. The second kappa shape index (κ2) is 9.70. The molecule has 0 radical (unpaired) electrons. The molecular weight excluding hydrogens is 436 g/mol. The number of rotatable bonds is 8. The van der Waals surface area contributed by atoms with E-state index in [9.17, 15) is 13.2 Å². The molecule has 0 saturated heterocycles. The highest BCUT2D eigenvalue weighted by Gasteiger charge is 2.27. The monoisotopic (exact) mass is 460 g/mol. The first kappa shape index (κ1) is 22.3. The molecule has 0 spiro atoms.